The minimum Gasteiger partial charge on any atom is -0.360 e. The standard InChI is InChI=1S/C11H19N3O/c12-8-11-7-10(13-15-11)9-14-5-3-1-2-4-6-14/h7H,1-6,8-9,12H2. The molecule has 0 bridgehead atoms. The Morgan fingerprint density at radius 2 is 2.00 bits per heavy atom. The molecule has 1 aromatic heterocycles. The maximum atomic E-state index is 5.47. The highest BCUT2D eigenvalue weighted by atomic mass is 16.5. The fourth-order valence-electron chi connectivity index (χ4n) is 2.05. The van der Waals surface area contributed by atoms with Gasteiger partial charge >= 0.3 is 0 Å². The summed E-state index contributed by atoms with van der Waals surface area (Å²) in [6.07, 6.45) is 5.34. The molecule has 0 atom stereocenters. The van der Waals surface area contributed by atoms with Crippen molar-refractivity contribution in [3.63, 3.8) is 0 Å². The quantitative estimate of drug-likeness (QED) is 0.819. The molecule has 1 saturated heterocycles. The Morgan fingerprint density at radius 3 is 2.60 bits per heavy atom. The van der Waals surface area contributed by atoms with E-state index in [0.29, 0.717) is 6.54 Å². The predicted octanol–water partition coefficient (Wildman–Crippen LogP) is 1.51. The Balaban J connectivity index is 1.89. The van der Waals surface area contributed by atoms with Crippen molar-refractivity contribution in [3.05, 3.63) is 17.5 Å². The summed E-state index contributed by atoms with van der Waals surface area (Å²) >= 11 is 0. The largest absolute Gasteiger partial charge is 0.360 e. The molecule has 0 aromatic carbocycles. The van der Waals surface area contributed by atoms with E-state index in [1.165, 1.54) is 38.8 Å². The van der Waals surface area contributed by atoms with Crippen LogP contribution < -0.4 is 5.73 Å². The van der Waals surface area contributed by atoms with Gasteiger partial charge in [-0.15, -0.1) is 0 Å². The van der Waals surface area contributed by atoms with Crippen molar-refractivity contribution in [2.45, 2.75) is 38.8 Å². The Bertz CT molecular complexity index is 290. The molecule has 0 spiro atoms. The van der Waals surface area contributed by atoms with Gasteiger partial charge in [0.2, 0.25) is 0 Å². The van der Waals surface area contributed by atoms with E-state index in [0.717, 1.165) is 18.0 Å². The zero-order valence-corrected chi connectivity index (χ0v) is 9.11. The third-order valence-electron chi connectivity index (χ3n) is 2.89. The molecular weight excluding hydrogens is 190 g/mol. The zero-order chi connectivity index (χ0) is 10.5. The molecule has 4 heteroatoms. The van der Waals surface area contributed by atoms with Crippen LogP contribution in [0.5, 0.6) is 0 Å². The van der Waals surface area contributed by atoms with Crippen LogP contribution in [0.1, 0.15) is 37.1 Å². The summed E-state index contributed by atoms with van der Waals surface area (Å²) in [5.41, 5.74) is 6.49. The number of likely N-dealkylation sites (tertiary alicyclic amines) is 1. The SMILES string of the molecule is NCc1cc(CN2CCCCCC2)no1. The van der Waals surface area contributed by atoms with Crippen molar-refractivity contribution in [2.24, 2.45) is 5.73 Å². The summed E-state index contributed by atoms with van der Waals surface area (Å²) < 4.78 is 5.08. The summed E-state index contributed by atoms with van der Waals surface area (Å²) in [7, 11) is 0. The lowest BCUT2D eigenvalue weighted by atomic mass is 10.2. The Morgan fingerprint density at radius 1 is 1.27 bits per heavy atom. The van der Waals surface area contributed by atoms with Crippen LogP contribution in [0.3, 0.4) is 0 Å². The van der Waals surface area contributed by atoms with Crippen LogP contribution in [0, 0.1) is 0 Å². The molecule has 1 fully saturated rings. The van der Waals surface area contributed by atoms with Crippen molar-refractivity contribution >= 4 is 0 Å². The first kappa shape index (κ1) is 10.6. The first-order chi connectivity index (χ1) is 7.38. The van der Waals surface area contributed by atoms with Crippen LogP contribution in [-0.4, -0.2) is 23.1 Å². The van der Waals surface area contributed by atoms with E-state index < -0.39 is 0 Å². The van der Waals surface area contributed by atoms with E-state index in [1.807, 2.05) is 6.07 Å². The molecular formula is C11H19N3O. The molecule has 15 heavy (non-hydrogen) atoms. The zero-order valence-electron chi connectivity index (χ0n) is 9.11. The van der Waals surface area contributed by atoms with Gasteiger partial charge in [0.25, 0.3) is 0 Å². The summed E-state index contributed by atoms with van der Waals surface area (Å²) in [5, 5.41) is 4.02. The monoisotopic (exact) mass is 209 g/mol. The molecule has 84 valence electrons. The van der Waals surface area contributed by atoms with Crippen molar-refractivity contribution in [1.82, 2.24) is 10.1 Å². The summed E-state index contributed by atoms with van der Waals surface area (Å²) in [6.45, 7) is 3.71. The molecule has 1 aromatic rings. The van der Waals surface area contributed by atoms with E-state index in [9.17, 15) is 0 Å². The Hall–Kier alpha value is -0.870. The van der Waals surface area contributed by atoms with E-state index in [4.69, 9.17) is 10.3 Å². The first-order valence-electron chi connectivity index (χ1n) is 5.75. The molecule has 1 aliphatic rings. The second kappa shape index (κ2) is 5.28. The fourth-order valence-corrected chi connectivity index (χ4v) is 2.05. The van der Waals surface area contributed by atoms with Gasteiger partial charge in [-0.25, -0.2) is 0 Å². The van der Waals surface area contributed by atoms with Gasteiger partial charge in [-0.1, -0.05) is 18.0 Å². The van der Waals surface area contributed by atoms with Crippen LogP contribution in [0.25, 0.3) is 0 Å². The highest BCUT2D eigenvalue weighted by molar-refractivity contribution is 5.04. The third kappa shape index (κ3) is 3.04. The highest BCUT2D eigenvalue weighted by Gasteiger charge is 2.11. The van der Waals surface area contributed by atoms with Crippen molar-refractivity contribution in [1.29, 1.82) is 0 Å². The van der Waals surface area contributed by atoms with E-state index >= 15 is 0 Å². The molecule has 2 N–H and O–H groups in total. The van der Waals surface area contributed by atoms with Crippen LogP contribution in [0.15, 0.2) is 10.6 Å². The fraction of sp³-hybridized carbons (Fsp3) is 0.727. The van der Waals surface area contributed by atoms with Crippen molar-refractivity contribution in [3.8, 4) is 0 Å². The van der Waals surface area contributed by atoms with E-state index in [2.05, 4.69) is 10.1 Å². The van der Waals surface area contributed by atoms with Gasteiger partial charge in [0, 0.05) is 12.6 Å². The molecule has 4 nitrogen and oxygen atoms in total. The smallest absolute Gasteiger partial charge is 0.150 e. The number of aromatic nitrogens is 1. The molecule has 0 aliphatic carbocycles. The molecule has 2 rings (SSSR count). The lowest BCUT2D eigenvalue weighted by Gasteiger charge is -2.17. The van der Waals surface area contributed by atoms with Gasteiger partial charge in [0.1, 0.15) is 0 Å². The average molecular weight is 209 g/mol. The maximum absolute atomic E-state index is 5.47. The van der Waals surface area contributed by atoms with E-state index in [-0.39, 0.29) is 0 Å². The van der Waals surface area contributed by atoms with Gasteiger partial charge in [0.15, 0.2) is 5.76 Å². The summed E-state index contributed by atoms with van der Waals surface area (Å²) in [4.78, 5) is 2.45. The van der Waals surface area contributed by atoms with Crippen LogP contribution >= 0.6 is 0 Å². The highest BCUT2D eigenvalue weighted by Crippen LogP contribution is 2.13. The molecule has 0 radical (unpaired) electrons. The summed E-state index contributed by atoms with van der Waals surface area (Å²) in [6, 6.07) is 1.96. The molecule has 1 aliphatic heterocycles. The van der Waals surface area contributed by atoms with Gasteiger partial charge in [-0.3, -0.25) is 4.90 Å². The number of rotatable bonds is 3. The number of nitrogens with two attached hydrogens (primary N) is 1. The third-order valence-corrected chi connectivity index (χ3v) is 2.89. The lowest BCUT2D eigenvalue weighted by Crippen LogP contribution is -2.24. The Kier molecular flexibility index (Phi) is 3.75. The topological polar surface area (TPSA) is 55.3 Å². The maximum Gasteiger partial charge on any atom is 0.150 e. The van der Waals surface area contributed by atoms with Crippen LogP contribution in [0.2, 0.25) is 0 Å². The molecule has 0 unspecified atom stereocenters. The minimum atomic E-state index is 0.438. The number of hydrogen-bond acceptors (Lipinski definition) is 4. The van der Waals surface area contributed by atoms with Crippen molar-refractivity contribution < 1.29 is 4.52 Å². The second-order valence-electron chi connectivity index (χ2n) is 4.18. The first-order valence-corrected chi connectivity index (χ1v) is 5.75. The minimum absolute atomic E-state index is 0.438. The van der Waals surface area contributed by atoms with E-state index in [1.54, 1.807) is 0 Å². The van der Waals surface area contributed by atoms with Gasteiger partial charge < -0.3 is 10.3 Å². The molecule has 0 amide bonds. The predicted molar refractivity (Wildman–Crippen MR) is 58.1 cm³/mol. The molecule has 0 saturated carbocycles. The summed E-state index contributed by atoms with van der Waals surface area (Å²) in [5.74, 6) is 0.778. The normalized spacial score (nSPS) is 19.0. The average Bonchev–Trinajstić information content (AvgIpc) is 2.54. The Labute approximate surface area is 90.4 Å². The number of hydrogen-bond donors (Lipinski definition) is 1. The number of nitrogens with zero attached hydrogens (tertiary/aromatic N) is 2. The van der Waals surface area contributed by atoms with Gasteiger partial charge in [-0.05, 0) is 25.9 Å². The second-order valence-corrected chi connectivity index (χ2v) is 4.18. The van der Waals surface area contributed by atoms with Crippen LogP contribution in [-0.2, 0) is 13.1 Å². The van der Waals surface area contributed by atoms with Crippen molar-refractivity contribution in [2.75, 3.05) is 13.1 Å². The van der Waals surface area contributed by atoms with Crippen LogP contribution in [0.4, 0.5) is 0 Å². The van der Waals surface area contributed by atoms with Gasteiger partial charge in [-0.2, -0.15) is 0 Å². The lowest BCUT2D eigenvalue weighted by molar-refractivity contribution is 0.265. The van der Waals surface area contributed by atoms with Gasteiger partial charge in [0.05, 0.1) is 12.2 Å². The molecule has 2 heterocycles.